The number of amides is 3. The fourth-order valence-corrected chi connectivity index (χ4v) is 4.35. The smallest absolute Gasteiger partial charge is 0.252 e. The van der Waals surface area contributed by atoms with Crippen LogP contribution in [0, 0.1) is 5.41 Å². The van der Waals surface area contributed by atoms with E-state index in [2.05, 4.69) is 15.7 Å². The van der Waals surface area contributed by atoms with Gasteiger partial charge in [0.1, 0.15) is 6.04 Å². The monoisotopic (exact) mass is 531 g/mol. The van der Waals surface area contributed by atoms with Crippen molar-refractivity contribution in [3.63, 3.8) is 0 Å². The van der Waals surface area contributed by atoms with Gasteiger partial charge in [-0.3, -0.25) is 19.1 Å². The first kappa shape index (κ1) is 28.0. The van der Waals surface area contributed by atoms with Gasteiger partial charge in [-0.25, -0.2) is 0 Å². The van der Waals surface area contributed by atoms with Crippen LogP contribution >= 0.6 is 0 Å². The summed E-state index contributed by atoms with van der Waals surface area (Å²) in [5, 5.41) is 10.1. The molecule has 3 aromatic rings. The quantitative estimate of drug-likeness (QED) is 0.414. The highest BCUT2D eigenvalue weighted by Gasteiger charge is 2.31. The number of likely N-dealkylation sites (tertiary alicyclic amines) is 1. The molecule has 2 unspecified atom stereocenters. The van der Waals surface area contributed by atoms with Crippen LogP contribution in [-0.4, -0.2) is 58.1 Å². The van der Waals surface area contributed by atoms with Crippen LogP contribution in [0.25, 0.3) is 0 Å². The molecule has 1 aliphatic heterocycles. The molecule has 2 N–H and O–H groups in total. The molecule has 0 aliphatic carbocycles. The molecule has 0 saturated carbocycles. The summed E-state index contributed by atoms with van der Waals surface area (Å²) in [6.45, 7) is 7.12. The Kier molecular flexibility index (Phi) is 9.14. The van der Waals surface area contributed by atoms with Crippen molar-refractivity contribution in [2.75, 3.05) is 25.0 Å². The number of rotatable bonds is 10. The molecule has 2 atom stereocenters. The molecular formula is C30H37N5O4. The molecule has 1 aromatic heterocycles. The van der Waals surface area contributed by atoms with Gasteiger partial charge in [0.25, 0.3) is 5.91 Å². The highest BCUT2D eigenvalue weighted by molar-refractivity contribution is 5.97. The van der Waals surface area contributed by atoms with E-state index in [9.17, 15) is 14.4 Å². The molecule has 0 bridgehead atoms. The van der Waals surface area contributed by atoms with Crippen LogP contribution < -0.4 is 10.6 Å². The maximum absolute atomic E-state index is 13.5. The average molecular weight is 532 g/mol. The van der Waals surface area contributed by atoms with Gasteiger partial charge in [0.2, 0.25) is 11.8 Å². The minimum Gasteiger partial charge on any atom is -0.374 e. The summed E-state index contributed by atoms with van der Waals surface area (Å²) in [5.41, 5.74) is 1.53. The van der Waals surface area contributed by atoms with Crippen molar-refractivity contribution in [1.82, 2.24) is 20.0 Å². The Labute approximate surface area is 229 Å². The molecule has 9 nitrogen and oxygen atoms in total. The van der Waals surface area contributed by atoms with E-state index >= 15 is 0 Å². The standard InChI is InChI=1S/C30H37N5O4/c1-30(2,3)29(38)33-25(21-39-20-22-12-6-4-7-13-22)27(36)32-24-18-31-35(19-24)26(23-14-8-5-9-15-23)28(37)34-16-10-11-17-34/h4-9,12-15,18-19,25-26H,10-11,16-17,20-21H2,1-3H3,(H,32,36)(H,33,38). The van der Waals surface area contributed by atoms with E-state index in [-0.39, 0.29) is 18.4 Å². The van der Waals surface area contributed by atoms with Crippen molar-refractivity contribution in [3.8, 4) is 0 Å². The van der Waals surface area contributed by atoms with E-state index in [4.69, 9.17) is 4.74 Å². The van der Waals surface area contributed by atoms with Gasteiger partial charge in [0.05, 0.1) is 25.1 Å². The first-order valence-corrected chi connectivity index (χ1v) is 13.3. The van der Waals surface area contributed by atoms with Gasteiger partial charge in [0.15, 0.2) is 6.04 Å². The summed E-state index contributed by atoms with van der Waals surface area (Å²) in [7, 11) is 0. The van der Waals surface area contributed by atoms with Crippen LogP contribution in [0.2, 0.25) is 0 Å². The Hall–Kier alpha value is -3.98. The number of ether oxygens (including phenoxy) is 1. The van der Waals surface area contributed by atoms with E-state index in [0.29, 0.717) is 12.3 Å². The van der Waals surface area contributed by atoms with Gasteiger partial charge >= 0.3 is 0 Å². The summed E-state index contributed by atoms with van der Waals surface area (Å²) in [6.07, 6.45) is 5.14. The Balaban J connectivity index is 1.48. The van der Waals surface area contributed by atoms with Crippen LogP contribution in [0.4, 0.5) is 5.69 Å². The summed E-state index contributed by atoms with van der Waals surface area (Å²) in [6, 6.07) is 17.6. The maximum Gasteiger partial charge on any atom is 0.252 e. The zero-order chi connectivity index (χ0) is 27.8. The number of aromatic nitrogens is 2. The van der Waals surface area contributed by atoms with E-state index in [1.165, 1.54) is 6.20 Å². The molecule has 0 radical (unpaired) electrons. The first-order chi connectivity index (χ1) is 18.7. The van der Waals surface area contributed by atoms with E-state index in [1.807, 2.05) is 65.6 Å². The molecular weight excluding hydrogens is 494 g/mol. The fraction of sp³-hybridized carbons (Fsp3) is 0.400. The molecule has 9 heteroatoms. The number of benzene rings is 2. The molecule has 4 rings (SSSR count). The Morgan fingerprint density at radius 2 is 1.62 bits per heavy atom. The van der Waals surface area contributed by atoms with Gasteiger partial charge in [-0.2, -0.15) is 5.10 Å². The van der Waals surface area contributed by atoms with Crippen molar-refractivity contribution in [3.05, 3.63) is 84.2 Å². The van der Waals surface area contributed by atoms with E-state index < -0.39 is 23.4 Å². The highest BCUT2D eigenvalue weighted by atomic mass is 16.5. The zero-order valence-electron chi connectivity index (χ0n) is 22.8. The SMILES string of the molecule is CC(C)(C)C(=O)NC(COCc1ccccc1)C(=O)Nc1cnn(C(C(=O)N2CCCC2)c2ccccc2)c1. The lowest BCUT2D eigenvalue weighted by Gasteiger charge is -2.24. The molecule has 3 amide bonds. The topological polar surface area (TPSA) is 106 Å². The van der Waals surface area contributed by atoms with Crippen molar-refractivity contribution in [2.45, 2.75) is 52.3 Å². The number of carbonyl (C=O) groups is 3. The van der Waals surface area contributed by atoms with Crippen molar-refractivity contribution < 1.29 is 19.1 Å². The third-order valence-corrected chi connectivity index (χ3v) is 6.60. The molecule has 2 heterocycles. The Morgan fingerprint density at radius 3 is 2.26 bits per heavy atom. The van der Waals surface area contributed by atoms with E-state index in [1.54, 1.807) is 31.6 Å². The highest BCUT2D eigenvalue weighted by Crippen LogP contribution is 2.24. The summed E-state index contributed by atoms with van der Waals surface area (Å²) >= 11 is 0. The third kappa shape index (κ3) is 7.54. The predicted octanol–water partition coefficient (Wildman–Crippen LogP) is 3.78. The number of hydrogen-bond acceptors (Lipinski definition) is 5. The van der Waals surface area contributed by atoms with Crippen LogP contribution in [0.3, 0.4) is 0 Å². The number of nitrogens with one attached hydrogen (secondary N) is 2. The second-order valence-corrected chi connectivity index (χ2v) is 10.8. The van der Waals surface area contributed by atoms with Gasteiger partial charge < -0.3 is 20.3 Å². The summed E-state index contributed by atoms with van der Waals surface area (Å²) < 4.78 is 7.38. The second kappa shape index (κ2) is 12.7. The number of nitrogens with zero attached hydrogens (tertiary/aromatic N) is 3. The number of hydrogen-bond donors (Lipinski definition) is 2. The van der Waals surface area contributed by atoms with Gasteiger partial charge in [-0.15, -0.1) is 0 Å². The van der Waals surface area contributed by atoms with E-state index in [0.717, 1.165) is 37.1 Å². The van der Waals surface area contributed by atoms with Crippen LogP contribution in [0.15, 0.2) is 73.1 Å². The number of anilines is 1. The maximum atomic E-state index is 13.5. The Morgan fingerprint density at radius 1 is 0.974 bits per heavy atom. The second-order valence-electron chi connectivity index (χ2n) is 10.8. The normalized spacial score (nSPS) is 15.0. The lowest BCUT2D eigenvalue weighted by molar-refractivity contribution is -0.133. The third-order valence-electron chi connectivity index (χ3n) is 6.60. The van der Waals surface area contributed by atoms with Crippen LogP contribution in [0.1, 0.15) is 50.8 Å². The molecule has 2 aromatic carbocycles. The zero-order valence-corrected chi connectivity index (χ0v) is 22.8. The molecule has 1 saturated heterocycles. The Bertz CT molecular complexity index is 1250. The first-order valence-electron chi connectivity index (χ1n) is 13.3. The van der Waals surface area contributed by atoms with Crippen molar-refractivity contribution in [2.24, 2.45) is 5.41 Å². The lowest BCUT2D eigenvalue weighted by Crippen LogP contribution is -2.50. The lowest BCUT2D eigenvalue weighted by atomic mass is 9.95. The average Bonchev–Trinajstić information content (AvgIpc) is 3.62. The van der Waals surface area contributed by atoms with Gasteiger partial charge in [0, 0.05) is 24.7 Å². The summed E-state index contributed by atoms with van der Waals surface area (Å²) in [5.74, 6) is -0.714. The number of carbonyl (C=O) groups excluding carboxylic acids is 3. The molecule has 39 heavy (non-hydrogen) atoms. The fourth-order valence-electron chi connectivity index (χ4n) is 4.35. The van der Waals surface area contributed by atoms with Crippen LogP contribution in [0.5, 0.6) is 0 Å². The summed E-state index contributed by atoms with van der Waals surface area (Å²) in [4.78, 5) is 41.3. The molecule has 0 spiro atoms. The molecule has 206 valence electrons. The van der Waals surface area contributed by atoms with Crippen LogP contribution in [-0.2, 0) is 25.7 Å². The minimum absolute atomic E-state index is 0.00320. The van der Waals surface area contributed by atoms with Gasteiger partial charge in [-0.05, 0) is 24.0 Å². The van der Waals surface area contributed by atoms with Gasteiger partial charge in [-0.1, -0.05) is 81.4 Å². The van der Waals surface area contributed by atoms with Crippen molar-refractivity contribution in [1.29, 1.82) is 0 Å². The van der Waals surface area contributed by atoms with Crippen molar-refractivity contribution >= 4 is 23.4 Å². The predicted molar refractivity (Wildman–Crippen MR) is 149 cm³/mol. The largest absolute Gasteiger partial charge is 0.374 e. The molecule has 1 aliphatic rings. The molecule has 1 fully saturated rings. The minimum atomic E-state index is -0.917.